The van der Waals surface area contributed by atoms with Crippen LogP contribution in [0.25, 0.3) is 0 Å². The van der Waals surface area contributed by atoms with Crippen molar-refractivity contribution in [3.63, 3.8) is 0 Å². The first-order valence-corrected chi connectivity index (χ1v) is 5.86. The minimum absolute atomic E-state index is 0.277. The molecular weight excluding hydrogens is 246 g/mol. The van der Waals surface area contributed by atoms with Crippen molar-refractivity contribution in [3.05, 3.63) is 23.3 Å². The molecule has 1 unspecified atom stereocenters. The SMILES string of the molecule is COc1cc(C)c(C(N)C(=O)NN(C)C)cc1OC. The number of rotatable bonds is 5. The Morgan fingerprint density at radius 2 is 1.79 bits per heavy atom. The lowest BCUT2D eigenvalue weighted by molar-refractivity contribution is -0.126. The molecule has 0 heterocycles. The van der Waals surface area contributed by atoms with Crippen LogP contribution in [-0.4, -0.2) is 39.2 Å². The van der Waals surface area contributed by atoms with E-state index in [1.807, 2.05) is 6.92 Å². The summed E-state index contributed by atoms with van der Waals surface area (Å²) in [5.41, 5.74) is 10.2. The average Bonchev–Trinajstić information content (AvgIpc) is 2.36. The number of hydrogen-bond donors (Lipinski definition) is 2. The largest absolute Gasteiger partial charge is 0.493 e. The van der Waals surface area contributed by atoms with Gasteiger partial charge in [-0.15, -0.1) is 0 Å². The second-order valence-corrected chi connectivity index (χ2v) is 4.41. The zero-order chi connectivity index (χ0) is 14.6. The first-order valence-electron chi connectivity index (χ1n) is 5.86. The van der Waals surface area contributed by atoms with E-state index >= 15 is 0 Å². The average molecular weight is 267 g/mol. The molecule has 0 saturated heterocycles. The fourth-order valence-electron chi connectivity index (χ4n) is 1.76. The number of amides is 1. The number of hydrogen-bond acceptors (Lipinski definition) is 5. The molecule has 6 nitrogen and oxygen atoms in total. The van der Waals surface area contributed by atoms with Crippen LogP contribution >= 0.6 is 0 Å². The first kappa shape index (κ1) is 15.3. The topological polar surface area (TPSA) is 76.8 Å². The Hall–Kier alpha value is -1.79. The smallest absolute Gasteiger partial charge is 0.255 e. The monoisotopic (exact) mass is 267 g/mol. The van der Waals surface area contributed by atoms with Crippen molar-refractivity contribution in [2.75, 3.05) is 28.3 Å². The Balaban J connectivity index is 3.09. The van der Waals surface area contributed by atoms with Crippen molar-refractivity contribution in [2.45, 2.75) is 13.0 Å². The molecule has 1 aromatic carbocycles. The molecule has 3 N–H and O–H groups in total. The van der Waals surface area contributed by atoms with Crippen LogP contribution in [0, 0.1) is 6.92 Å². The van der Waals surface area contributed by atoms with E-state index in [-0.39, 0.29) is 5.91 Å². The Bertz CT molecular complexity index is 461. The van der Waals surface area contributed by atoms with E-state index in [0.717, 1.165) is 5.56 Å². The molecule has 6 heteroatoms. The van der Waals surface area contributed by atoms with Crippen molar-refractivity contribution < 1.29 is 14.3 Å². The minimum Gasteiger partial charge on any atom is -0.493 e. The predicted molar refractivity (Wildman–Crippen MR) is 73.0 cm³/mol. The van der Waals surface area contributed by atoms with Gasteiger partial charge in [0.15, 0.2) is 11.5 Å². The highest BCUT2D eigenvalue weighted by atomic mass is 16.5. The third kappa shape index (κ3) is 3.59. The second kappa shape index (κ2) is 6.40. The number of nitrogens with zero attached hydrogens (tertiary/aromatic N) is 1. The molecule has 0 aliphatic heterocycles. The maximum absolute atomic E-state index is 11.9. The summed E-state index contributed by atoms with van der Waals surface area (Å²) in [5, 5.41) is 1.55. The molecule has 0 radical (unpaired) electrons. The maximum atomic E-state index is 11.9. The number of benzene rings is 1. The number of nitrogens with two attached hydrogens (primary N) is 1. The number of nitrogens with one attached hydrogen (secondary N) is 1. The zero-order valence-corrected chi connectivity index (χ0v) is 12.0. The van der Waals surface area contributed by atoms with E-state index < -0.39 is 6.04 Å². The fraction of sp³-hybridized carbons (Fsp3) is 0.462. The molecule has 1 atom stereocenters. The van der Waals surface area contributed by atoms with Crippen molar-refractivity contribution in [3.8, 4) is 11.5 Å². The predicted octanol–water partition coefficient (Wildman–Crippen LogP) is 0.605. The third-order valence-corrected chi connectivity index (χ3v) is 2.72. The molecule has 0 fully saturated rings. The highest BCUT2D eigenvalue weighted by Gasteiger charge is 2.20. The van der Waals surface area contributed by atoms with Gasteiger partial charge >= 0.3 is 0 Å². The Kier molecular flexibility index (Phi) is 5.14. The minimum atomic E-state index is -0.762. The lowest BCUT2D eigenvalue weighted by Gasteiger charge is -2.19. The summed E-state index contributed by atoms with van der Waals surface area (Å²) in [4.78, 5) is 11.9. The molecule has 0 aliphatic carbocycles. The highest BCUT2D eigenvalue weighted by Crippen LogP contribution is 2.32. The lowest BCUT2D eigenvalue weighted by atomic mass is 10.0. The van der Waals surface area contributed by atoms with E-state index in [1.165, 1.54) is 0 Å². The van der Waals surface area contributed by atoms with E-state index in [4.69, 9.17) is 15.2 Å². The zero-order valence-electron chi connectivity index (χ0n) is 12.0. The van der Waals surface area contributed by atoms with Crippen LogP contribution in [-0.2, 0) is 4.79 Å². The molecule has 0 bridgehead atoms. The van der Waals surface area contributed by atoms with Crippen molar-refractivity contribution in [1.82, 2.24) is 10.4 Å². The van der Waals surface area contributed by atoms with Gasteiger partial charge in [0.1, 0.15) is 6.04 Å². The highest BCUT2D eigenvalue weighted by molar-refractivity contribution is 5.83. The molecule has 1 rings (SSSR count). The van der Waals surface area contributed by atoms with Crippen molar-refractivity contribution >= 4 is 5.91 Å². The molecule has 0 aromatic heterocycles. The van der Waals surface area contributed by atoms with Gasteiger partial charge in [0.25, 0.3) is 5.91 Å². The van der Waals surface area contributed by atoms with E-state index in [0.29, 0.717) is 17.1 Å². The van der Waals surface area contributed by atoms with Crippen LogP contribution in [0.2, 0.25) is 0 Å². The maximum Gasteiger partial charge on any atom is 0.255 e. The number of carbonyl (C=O) groups is 1. The fourth-order valence-corrected chi connectivity index (χ4v) is 1.76. The Morgan fingerprint density at radius 1 is 1.26 bits per heavy atom. The molecule has 106 valence electrons. The van der Waals surface area contributed by atoms with Crippen LogP contribution < -0.4 is 20.6 Å². The lowest BCUT2D eigenvalue weighted by Crippen LogP contribution is -2.42. The summed E-state index contributed by atoms with van der Waals surface area (Å²) >= 11 is 0. The van der Waals surface area contributed by atoms with Gasteiger partial charge in [-0.3, -0.25) is 10.2 Å². The summed E-state index contributed by atoms with van der Waals surface area (Å²) in [5.74, 6) is 0.889. The van der Waals surface area contributed by atoms with Gasteiger partial charge in [-0.2, -0.15) is 0 Å². The van der Waals surface area contributed by atoms with Gasteiger partial charge in [-0.25, -0.2) is 5.01 Å². The molecule has 1 aromatic rings. The van der Waals surface area contributed by atoms with E-state index in [2.05, 4.69) is 5.43 Å². The van der Waals surface area contributed by atoms with Crippen molar-refractivity contribution in [1.29, 1.82) is 0 Å². The quantitative estimate of drug-likeness (QED) is 0.764. The summed E-state index contributed by atoms with van der Waals surface area (Å²) < 4.78 is 10.4. The molecule has 0 spiro atoms. The number of hydrazine groups is 1. The van der Waals surface area contributed by atoms with Gasteiger partial charge in [0.2, 0.25) is 0 Å². The first-order chi connectivity index (χ1) is 8.90. The molecule has 1 amide bonds. The molecule has 19 heavy (non-hydrogen) atoms. The van der Waals surface area contributed by atoms with E-state index in [1.54, 1.807) is 45.5 Å². The van der Waals surface area contributed by atoms with Gasteiger partial charge < -0.3 is 15.2 Å². The van der Waals surface area contributed by atoms with E-state index in [9.17, 15) is 4.79 Å². The van der Waals surface area contributed by atoms with Crippen LogP contribution in [0.1, 0.15) is 17.2 Å². The summed E-state index contributed by atoms with van der Waals surface area (Å²) in [6, 6.07) is 2.77. The van der Waals surface area contributed by atoms with Gasteiger partial charge in [0, 0.05) is 14.1 Å². The van der Waals surface area contributed by atoms with Crippen LogP contribution in [0.3, 0.4) is 0 Å². The summed E-state index contributed by atoms with van der Waals surface area (Å²) in [6.45, 7) is 1.88. The Morgan fingerprint density at radius 3 is 2.26 bits per heavy atom. The molecule has 0 aliphatic rings. The normalized spacial score (nSPS) is 12.2. The van der Waals surface area contributed by atoms with Gasteiger partial charge in [-0.1, -0.05) is 0 Å². The van der Waals surface area contributed by atoms with Crippen molar-refractivity contribution in [2.24, 2.45) is 5.73 Å². The third-order valence-electron chi connectivity index (χ3n) is 2.72. The number of aryl methyl sites for hydroxylation is 1. The molecular formula is C13H21N3O3. The van der Waals surface area contributed by atoms with Gasteiger partial charge in [-0.05, 0) is 30.2 Å². The van der Waals surface area contributed by atoms with Crippen LogP contribution in [0.5, 0.6) is 11.5 Å². The second-order valence-electron chi connectivity index (χ2n) is 4.41. The van der Waals surface area contributed by atoms with Crippen LogP contribution in [0.15, 0.2) is 12.1 Å². The number of methoxy groups -OCH3 is 2. The molecule has 0 saturated carbocycles. The Labute approximate surface area is 113 Å². The number of carbonyl (C=O) groups excluding carboxylic acids is 1. The van der Waals surface area contributed by atoms with Crippen LogP contribution in [0.4, 0.5) is 0 Å². The summed E-state index contributed by atoms with van der Waals surface area (Å²) in [6.07, 6.45) is 0. The van der Waals surface area contributed by atoms with Gasteiger partial charge in [0.05, 0.1) is 14.2 Å². The summed E-state index contributed by atoms with van der Waals surface area (Å²) in [7, 11) is 6.57. The number of ether oxygens (including phenoxy) is 2. The standard InChI is InChI=1S/C13H21N3O3/c1-8-6-10(18-4)11(19-5)7-9(8)12(14)13(17)15-16(2)3/h6-7,12H,14H2,1-5H3,(H,15,17).